The predicted octanol–water partition coefficient (Wildman–Crippen LogP) is 7.70. The third-order valence-corrected chi connectivity index (χ3v) is 6.08. The summed E-state index contributed by atoms with van der Waals surface area (Å²) < 4.78 is 66.1. The first-order valence-corrected chi connectivity index (χ1v) is 13.9. The van der Waals surface area contributed by atoms with Crippen molar-refractivity contribution >= 4 is 23.9 Å². The Balaban J connectivity index is 2.33. The van der Waals surface area contributed by atoms with Crippen LogP contribution in [0, 0.1) is 11.8 Å². The Morgan fingerprint density at radius 3 is 1.46 bits per heavy atom. The molecule has 0 radical (unpaired) electrons. The van der Waals surface area contributed by atoms with Gasteiger partial charge in [-0.3, -0.25) is 0 Å². The van der Waals surface area contributed by atoms with Gasteiger partial charge in [-0.1, -0.05) is 50.3 Å². The van der Waals surface area contributed by atoms with Crippen molar-refractivity contribution in [3.8, 4) is 46.0 Å². The molecular formula is C37H29F3O8. The van der Waals surface area contributed by atoms with Crippen molar-refractivity contribution in [1.82, 2.24) is 0 Å². The van der Waals surface area contributed by atoms with Crippen molar-refractivity contribution in [1.29, 1.82) is 0 Å². The first-order valence-electron chi connectivity index (χ1n) is 13.9. The van der Waals surface area contributed by atoms with Gasteiger partial charge < -0.3 is 18.9 Å². The zero-order valence-corrected chi connectivity index (χ0v) is 26.4. The topological polar surface area (TPSA) is 105 Å². The van der Waals surface area contributed by atoms with E-state index in [1.807, 2.05) is 0 Å². The van der Waals surface area contributed by atoms with E-state index in [0.29, 0.717) is 0 Å². The van der Waals surface area contributed by atoms with Crippen LogP contribution < -0.4 is 18.9 Å². The van der Waals surface area contributed by atoms with Gasteiger partial charge in [0.05, 0.1) is 5.56 Å². The van der Waals surface area contributed by atoms with Crippen LogP contribution in [0.3, 0.4) is 0 Å². The third kappa shape index (κ3) is 9.20. The van der Waals surface area contributed by atoms with Crippen molar-refractivity contribution in [2.45, 2.75) is 33.9 Å². The fourth-order valence-corrected chi connectivity index (χ4v) is 3.67. The molecule has 0 bridgehead atoms. The second-order valence-electron chi connectivity index (χ2n) is 10.5. The second kappa shape index (κ2) is 15.0. The Morgan fingerprint density at radius 2 is 1.02 bits per heavy atom. The van der Waals surface area contributed by atoms with Gasteiger partial charge in [0, 0.05) is 39.5 Å². The highest BCUT2D eigenvalue weighted by Gasteiger charge is 2.42. The molecule has 0 aromatic heterocycles. The summed E-state index contributed by atoms with van der Waals surface area (Å²) in [6.07, 6.45) is -5.21. The summed E-state index contributed by atoms with van der Waals surface area (Å²) in [5.74, 6) is 0.237. The van der Waals surface area contributed by atoms with E-state index in [2.05, 4.69) is 38.2 Å². The molecular weight excluding hydrogens is 629 g/mol. The zero-order valence-electron chi connectivity index (χ0n) is 26.4. The van der Waals surface area contributed by atoms with Crippen molar-refractivity contribution < 1.29 is 51.3 Å². The van der Waals surface area contributed by atoms with Crippen LogP contribution in [0.5, 0.6) is 23.0 Å². The number of rotatable bonds is 9. The molecule has 0 spiro atoms. The van der Waals surface area contributed by atoms with Crippen molar-refractivity contribution in [2.75, 3.05) is 0 Å². The number of benzene rings is 3. The SMILES string of the molecule is C=C(C)C(=O)Oc1ccc(C#Cc2cc(OC(=O)C(=C)C)c(-c3ccc(OC(=O)C(=C)C)cc3)c(C(F)(F)F)c2OC(=O)C(=C)C)cc1. The van der Waals surface area contributed by atoms with Crippen LogP contribution in [-0.2, 0) is 25.4 Å². The number of carbonyl (C=O) groups is 4. The highest BCUT2D eigenvalue weighted by Crippen LogP contribution is 2.49. The summed E-state index contributed by atoms with van der Waals surface area (Å²) in [5, 5.41) is 0. The maximum absolute atomic E-state index is 15.1. The minimum Gasteiger partial charge on any atom is -0.423 e. The number of hydrogen-bond acceptors (Lipinski definition) is 8. The maximum atomic E-state index is 15.1. The molecule has 0 amide bonds. The van der Waals surface area contributed by atoms with E-state index >= 15 is 13.2 Å². The van der Waals surface area contributed by atoms with Gasteiger partial charge >= 0.3 is 30.1 Å². The summed E-state index contributed by atoms with van der Waals surface area (Å²) in [5.41, 5.74) is -2.54. The minimum atomic E-state index is -5.21. The minimum absolute atomic E-state index is 0.00220. The number of hydrogen-bond donors (Lipinski definition) is 0. The molecule has 3 rings (SSSR count). The quantitative estimate of drug-likeness (QED) is 0.0997. The fourth-order valence-electron chi connectivity index (χ4n) is 3.67. The molecule has 48 heavy (non-hydrogen) atoms. The lowest BCUT2D eigenvalue weighted by Gasteiger charge is -2.22. The van der Waals surface area contributed by atoms with Gasteiger partial charge in [0.25, 0.3) is 0 Å². The molecule has 11 heteroatoms. The molecule has 0 fully saturated rings. The highest BCUT2D eigenvalue weighted by molar-refractivity contribution is 5.93. The number of esters is 4. The molecule has 0 aliphatic carbocycles. The third-order valence-electron chi connectivity index (χ3n) is 6.08. The van der Waals surface area contributed by atoms with E-state index in [0.717, 1.165) is 6.07 Å². The normalized spacial score (nSPS) is 10.5. The van der Waals surface area contributed by atoms with E-state index < -0.39 is 58.2 Å². The molecule has 0 saturated heterocycles. The first-order chi connectivity index (χ1) is 22.4. The summed E-state index contributed by atoms with van der Waals surface area (Å²) in [6.45, 7) is 19.4. The van der Waals surface area contributed by atoms with Crippen LogP contribution in [0.15, 0.2) is 103 Å². The molecule has 0 atom stereocenters. The number of alkyl halides is 3. The van der Waals surface area contributed by atoms with Crippen LogP contribution >= 0.6 is 0 Å². The molecule has 0 N–H and O–H groups in total. The fraction of sp³-hybridized carbons (Fsp3) is 0.135. The van der Waals surface area contributed by atoms with E-state index in [9.17, 15) is 19.2 Å². The van der Waals surface area contributed by atoms with Gasteiger partial charge in [-0.15, -0.1) is 0 Å². The summed E-state index contributed by atoms with van der Waals surface area (Å²) >= 11 is 0. The monoisotopic (exact) mass is 658 g/mol. The zero-order chi connectivity index (χ0) is 35.9. The van der Waals surface area contributed by atoms with E-state index in [1.54, 1.807) is 0 Å². The van der Waals surface area contributed by atoms with Gasteiger partial charge in [-0.05, 0) is 69.7 Å². The molecule has 3 aromatic carbocycles. The van der Waals surface area contributed by atoms with Crippen molar-refractivity contribution in [3.05, 3.63) is 120 Å². The largest absolute Gasteiger partial charge is 0.423 e. The lowest BCUT2D eigenvalue weighted by atomic mass is 9.94. The Bertz CT molecular complexity index is 1920. The summed E-state index contributed by atoms with van der Waals surface area (Å²) in [4.78, 5) is 49.1. The molecule has 0 unspecified atom stereocenters. The molecule has 0 saturated carbocycles. The first kappa shape index (κ1) is 36.3. The lowest BCUT2D eigenvalue weighted by molar-refractivity contribution is -0.141. The Hall–Kier alpha value is -6.15. The van der Waals surface area contributed by atoms with Gasteiger partial charge in [-0.2, -0.15) is 13.2 Å². The standard InChI is InChI=1S/C37H29F3O8/c1-20(2)33(41)45-27-15-10-24(11-16-27)9-12-26-19-29(47-35(43)22(5)6)30(25-13-17-28(18-14-25)46-34(42)21(3)4)31(37(38,39)40)32(26)48-36(44)23(7)8/h10-11,13-19H,1,3,5,7H2,2,4,6,8H3. The smallest absolute Gasteiger partial charge is 0.420 e. The average molecular weight is 659 g/mol. The number of ether oxygens (including phenoxy) is 4. The number of halogens is 3. The molecule has 0 aliphatic heterocycles. The average Bonchev–Trinajstić information content (AvgIpc) is 3.00. The highest BCUT2D eigenvalue weighted by atomic mass is 19.4. The van der Waals surface area contributed by atoms with E-state index in [4.69, 9.17) is 18.9 Å². The summed E-state index contributed by atoms with van der Waals surface area (Å²) in [7, 11) is 0. The Kier molecular flexibility index (Phi) is 11.3. The van der Waals surface area contributed by atoms with Gasteiger partial charge in [0.2, 0.25) is 0 Å². The molecule has 8 nitrogen and oxygen atoms in total. The van der Waals surface area contributed by atoms with Crippen LogP contribution in [0.2, 0.25) is 0 Å². The molecule has 0 aliphatic rings. The van der Waals surface area contributed by atoms with Gasteiger partial charge in [-0.25, -0.2) is 19.2 Å². The van der Waals surface area contributed by atoms with Crippen LogP contribution in [0.25, 0.3) is 11.1 Å². The van der Waals surface area contributed by atoms with Crippen molar-refractivity contribution in [2.24, 2.45) is 0 Å². The molecule has 246 valence electrons. The number of carbonyl (C=O) groups excluding carboxylic acids is 4. The summed E-state index contributed by atoms with van der Waals surface area (Å²) in [6, 6.07) is 11.6. The van der Waals surface area contributed by atoms with E-state index in [1.165, 1.54) is 76.2 Å². The van der Waals surface area contributed by atoms with Gasteiger partial charge in [0.15, 0.2) is 5.75 Å². The van der Waals surface area contributed by atoms with Crippen molar-refractivity contribution in [3.63, 3.8) is 0 Å². The Morgan fingerprint density at radius 1 is 0.604 bits per heavy atom. The second-order valence-corrected chi connectivity index (χ2v) is 10.5. The van der Waals surface area contributed by atoms with Gasteiger partial charge in [0.1, 0.15) is 22.8 Å². The van der Waals surface area contributed by atoms with Crippen LogP contribution in [0.1, 0.15) is 44.4 Å². The lowest BCUT2D eigenvalue weighted by Crippen LogP contribution is -2.18. The molecule has 0 heterocycles. The van der Waals surface area contributed by atoms with Crippen LogP contribution in [0.4, 0.5) is 13.2 Å². The maximum Gasteiger partial charge on any atom is 0.420 e. The molecule has 3 aromatic rings. The van der Waals surface area contributed by atoms with Crippen LogP contribution in [-0.4, -0.2) is 23.9 Å². The predicted molar refractivity (Wildman–Crippen MR) is 171 cm³/mol. The van der Waals surface area contributed by atoms with E-state index in [-0.39, 0.29) is 44.9 Å². The Labute approximate surface area is 274 Å².